The first kappa shape index (κ1) is 19.8. The topological polar surface area (TPSA) is 93.2 Å². The smallest absolute Gasteiger partial charge is 0.239 e. The minimum Gasteiger partial charge on any atom is -0.369 e. The van der Waals surface area contributed by atoms with E-state index in [0.717, 1.165) is 16.9 Å². The fourth-order valence-electron chi connectivity index (χ4n) is 3.75. The van der Waals surface area contributed by atoms with E-state index in [1.165, 1.54) is 0 Å². The van der Waals surface area contributed by atoms with E-state index in [0.29, 0.717) is 31.7 Å². The van der Waals surface area contributed by atoms with Crippen molar-refractivity contribution in [2.75, 3.05) is 25.0 Å². The number of likely N-dealkylation sites (tertiary alicyclic amines) is 1. The summed E-state index contributed by atoms with van der Waals surface area (Å²) < 4.78 is 1.75. The quantitative estimate of drug-likeness (QED) is 0.662. The molecule has 0 bridgehead atoms. The van der Waals surface area contributed by atoms with E-state index in [4.69, 9.17) is 10.8 Å². The van der Waals surface area contributed by atoms with Crippen molar-refractivity contribution in [3.8, 4) is 16.9 Å². The largest absolute Gasteiger partial charge is 0.369 e. The van der Waals surface area contributed by atoms with E-state index < -0.39 is 0 Å². The molecule has 0 aliphatic carbocycles. The Morgan fingerprint density at radius 2 is 1.63 bits per heavy atom. The van der Waals surface area contributed by atoms with E-state index >= 15 is 0 Å². The van der Waals surface area contributed by atoms with Gasteiger partial charge in [0.05, 0.1) is 17.9 Å². The number of carbonyl (C=O) groups excluding carboxylic acids is 2. The van der Waals surface area contributed by atoms with Crippen molar-refractivity contribution in [1.29, 1.82) is 0 Å². The highest BCUT2D eigenvalue weighted by Gasteiger charge is 2.24. The SMILES string of the molecule is NC(=O)C1CCN(CC(=O)Nc2cc(-c3ccccc3)nn2-c2ccccc2)CC1. The zero-order chi connectivity index (χ0) is 20.9. The third kappa shape index (κ3) is 4.58. The van der Waals surface area contributed by atoms with Gasteiger partial charge in [0.1, 0.15) is 5.82 Å². The van der Waals surface area contributed by atoms with Gasteiger partial charge in [-0.05, 0) is 38.1 Å². The Kier molecular flexibility index (Phi) is 5.90. The maximum absolute atomic E-state index is 12.7. The van der Waals surface area contributed by atoms with Crippen molar-refractivity contribution >= 4 is 17.6 Å². The van der Waals surface area contributed by atoms with E-state index in [2.05, 4.69) is 10.2 Å². The number of aromatic nitrogens is 2. The number of hydrogen-bond acceptors (Lipinski definition) is 4. The number of benzene rings is 2. The van der Waals surface area contributed by atoms with Gasteiger partial charge < -0.3 is 11.1 Å². The predicted molar refractivity (Wildman–Crippen MR) is 116 cm³/mol. The summed E-state index contributed by atoms with van der Waals surface area (Å²) >= 11 is 0. The minimum absolute atomic E-state index is 0.0859. The molecule has 154 valence electrons. The molecule has 2 amide bonds. The van der Waals surface area contributed by atoms with E-state index in [1.54, 1.807) is 4.68 Å². The van der Waals surface area contributed by atoms with Gasteiger partial charge >= 0.3 is 0 Å². The van der Waals surface area contributed by atoms with Crippen LogP contribution in [0, 0.1) is 5.92 Å². The second kappa shape index (κ2) is 8.92. The zero-order valence-electron chi connectivity index (χ0n) is 16.7. The Bertz CT molecular complexity index is 1010. The number of primary amides is 1. The molecule has 1 aliphatic rings. The Morgan fingerprint density at radius 3 is 2.27 bits per heavy atom. The number of nitrogens with zero attached hydrogens (tertiary/aromatic N) is 3. The van der Waals surface area contributed by atoms with Gasteiger partial charge in [-0.15, -0.1) is 0 Å². The van der Waals surface area contributed by atoms with Gasteiger partial charge in [0.2, 0.25) is 11.8 Å². The van der Waals surface area contributed by atoms with Gasteiger partial charge in [-0.25, -0.2) is 4.68 Å². The van der Waals surface area contributed by atoms with Crippen LogP contribution >= 0.6 is 0 Å². The van der Waals surface area contributed by atoms with Crippen molar-refractivity contribution in [3.63, 3.8) is 0 Å². The summed E-state index contributed by atoms with van der Waals surface area (Å²) in [4.78, 5) is 26.1. The molecule has 1 saturated heterocycles. The first-order valence-corrected chi connectivity index (χ1v) is 10.1. The lowest BCUT2D eigenvalue weighted by Crippen LogP contribution is -2.42. The van der Waals surface area contributed by atoms with Gasteiger partial charge in [-0.2, -0.15) is 5.10 Å². The number of anilines is 1. The second-order valence-corrected chi connectivity index (χ2v) is 7.53. The normalized spacial score (nSPS) is 15.1. The number of hydrogen-bond donors (Lipinski definition) is 2. The summed E-state index contributed by atoms with van der Waals surface area (Å²) in [6.07, 6.45) is 1.39. The van der Waals surface area contributed by atoms with Crippen LogP contribution in [-0.4, -0.2) is 46.1 Å². The average Bonchev–Trinajstić information content (AvgIpc) is 3.19. The van der Waals surface area contributed by atoms with Crippen LogP contribution in [0.5, 0.6) is 0 Å². The van der Waals surface area contributed by atoms with Crippen molar-refractivity contribution in [1.82, 2.24) is 14.7 Å². The Hall–Kier alpha value is -3.45. The highest BCUT2D eigenvalue weighted by molar-refractivity contribution is 5.92. The molecular formula is C23H25N5O2. The monoisotopic (exact) mass is 403 g/mol. The van der Waals surface area contributed by atoms with Crippen molar-refractivity contribution < 1.29 is 9.59 Å². The van der Waals surface area contributed by atoms with E-state index in [1.807, 2.05) is 66.7 Å². The molecule has 0 atom stereocenters. The van der Waals surface area contributed by atoms with Gasteiger partial charge in [0, 0.05) is 17.5 Å². The highest BCUT2D eigenvalue weighted by Crippen LogP contribution is 2.25. The van der Waals surface area contributed by atoms with Crippen molar-refractivity contribution in [2.24, 2.45) is 11.7 Å². The summed E-state index contributed by atoms with van der Waals surface area (Å²) in [5.41, 5.74) is 8.04. The molecule has 7 heteroatoms. The van der Waals surface area contributed by atoms with Crippen LogP contribution in [0.1, 0.15) is 12.8 Å². The summed E-state index contributed by atoms with van der Waals surface area (Å²) in [5.74, 6) is 0.179. The fraction of sp³-hybridized carbons (Fsp3) is 0.261. The lowest BCUT2D eigenvalue weighted by molar-refractivity contribution is -0.123. The third-order valence-corrected chi connectivity index (χ3v) is 5.40. The Balaban J connectivity index is 1.51. The van der Waals surface area contributed by atoms with Crippen molar-refractivity contribution in [2.45, 2.75) is 12.8 Å². The average molecular weight is 403 g/mol. The molecule has 2 aromatic carbocycles. The molecule has 3 N–H and O–H groups in total. The van der Waals surface area contributed by atoms with Crippen LogP contribution in [0.3, 0.4) is 0 Å². The maximum Gasteiger partial charge on any atom is 0.239 e. The number of rotatable bonds is 6. The molecule has 0 saturated carbocycles. The first-order chi connectivity index (χ1) is 14.6. The van der Waals surface area contributed by atoms with Gasteiger partial charge in [-0.3, -0.25) is 14.5 Å². The summed E-state index contributed by atoms with van der Waals surface area (Å²) in [6, 6.07) is 21.5. The molecule has 1 aromatic heterocycles. The predicted octanol–water partition coefficient (Wildman–Crippen LogP) is 2.68. The summed E-state index contributed by atoms with van der Waals surface area (Å²) in [5, 5.41) is 7.73. The van der Waals surface area contributed by atoms with Crippen LogP contribution in [0.25, 0.3) is 16.9 Å². The third-order valence-electron chi connectivity index (χ3n) is 5.40. The van der Waals surface area contributed by atoms with E-state index in [9.17, 15) is 9.59 Å². The van der Waals surface area contributed by atoms with Crippen LogP contribution in [0.2, 0.25) is 0 Å². The van der Waals surface area contributed by atoms with Gasteiger partial charge in [0.15, 0.2) is 0 Å². The van der Waals surface area contributed by atoms with Crippen molar-refractivity contribution in [3.05, 3.63) is 66.7 Å². The molecule has 4 rings (SSSR count). The maximum atomic E-state index is 12.7. The molecule has 2 heterocycles. The van der Waals surface area contributed by atoms with Gasteiger partial charge in [-0.1, -0.05) is 48.5 Å². The number of para-hydroxylation sites is 1. The summed E-state index contributed by atoms with van der Waals surface area (Å²) in [6.45, 7) is 1.65. The van der Waals surface area contributed by atoms with Gasteiger partial charge in [0.25, 0.3) is 0 Å². The standard InChI is InChI=1S/C23H25N5O2/c24-23(30)18-11-13-27(14-12-18)16-22(29)25-21-15-20(17-7-3-1-4-8-17)26-28(21)19-9-5-2-6-10-19/h1-10,15,18H,11-14,16H2,(H2,24,30)(H,25,29). The zero-order valence-corrected chi connectivity index (χ0v) is 16.7. The molecular weight excluding hydrogens is 378 g/mol. The molecule has 0 radical (unpaired) electrons. The van der Waals surface area contributed by atoms with Crippen LogP contribution < -0.4 is 11.1 Å². The molecule has 0 spiro atoms. The molecule has 1 fully saturated rings. The fourth-order valence-corrected chi connectivity index (χ4v) is 3.75. The highest BCUT2D eigenvalue weighted by atomic mass is 16.2. The summed E-state index contributed by atoms with van der Waals surface area (Å²) in [7, 11) is 0. The minimum atomic E-state index is -0.251. The van der Waals surface area contributed by atoms with Crippen LogP contribution in [0.4, 0.5) is 5.82 Å². The lowest BCUT2D eigenvalue weighted by Gasteiger charge is -2.29. The second-order valence-electron chi connectivity index (χ2n) is 7.53. The van der Waals surface area contributed by atoms with Crippen LogP contribution in [0.15, 0.2) is 66.7 Å². The molecule has 7 nitrogen and oxygen atoms in total. The van der Waals surface area contributed by atoms with Crippen LogP contribution in [-0.2, 0) is 9.59 Å². The molecule has 3 aromatic rings. The first-order valence-electron chi connectivity index (χ1n) is 10.1. The van der Waals surface area contributed by atoms with E-state index in [-0.39, 0.29) is 24.3 Å². The Labute approximate surface area is 175 Å². The number of carbonyl (C=O) groups is 2. The molecule has 1 aliphatic heterocycles. The number of nitrogens with two attached hydrogens (primary N) is 1. The number of amides is 2. The molecule has 30 heavy (non-hydrogen) atoms. The number of nitrogens with one attached hydrogen (secondary N) is 1. The number of piperidine rings is 1. The molecule has 0 unspecified atom stereocenters. The lowest BCUT2D eigenvalue weighted by atomic mass is 9.96. The Morgan fingerprint density at radius 1 is 1.00 bits per heavy atom.